The minimum absolute atomic E-state index is 0.00648. The van der Waals surface area contributed by atoms with E-state index in [4.69, 9.17) is 11.6 Å². The zero-order chi connectivity index (χ0) is 17.7. The molecule has 0 N–H and O–H groups in total. The molecule has 0 aromatic heterocycles. The lowest BCUT2D eigenvalue weighted by Gasteiger charge is -2.41. The van der Waals surface area contributed by atoms with Crippen molar-refractivity contribution in [1.82, 2.24) is 9.80 Å². The van der Waals surface area contributed by atoms with Gasteiger partial charge in [-0.2, -0.15) is 5.26 Å². The van der Waals surface area contributed by atoms with Crippen molar-refractivity contribution in [2.45, 2.75) is 57.2 Å². The predicted molar refractivity (Wildman–Crippen MR) is 96.6 cm³/mol. The predicted octanol–water partition coefficient (Wildman–Crippen LogP) is 3.85. The quantitative estimate of drug-likeness (QED) is 0.812. The molecule has 1 unspecified atom stereocenters. The Morgan fingerprint density at radius 3 is 2.50 bits per heavy atom. The molecule has 1 aromatic rings. The van der Waals surface area contributed by atoms with E-state index in [0.29, 0.717) is 11.6 Å². The third kappa shape index (κ3) is 3.91. The van der Waals surface area contributed by atoms with Crippen molar-refractivity contribution in [2.24, 2.45) is 0 Å². The van der Waals surface area contributed by atoms with E-state index >= 15 is 0 Å². The van der Waals surface area contributed by atoms with Crippen molar-refractivity contribution in [3.63, 3.8) is 0 Å². The number of nitrogens with zero attached hydrogens (tertiary/aromatic N) is 3. The second-order valence-corrected chi connectivity index (χ2v) is 7.19. The maximum atomic E-state index is 12.9. The van der Waals surface area contributed by atoms with Crippen LogP contribution < -0.4 is 0 Å². The van der Waals surface area contributed by atoms with Crippen LogP contribution in [-0.4, -0.2) is 41.4 Å². The number of likely N-dealkylation sites (N-methyl/N-ethyl adjacent to an activating group) is 2. The van der Waals surface area contributed by atoms with E-state index < -0.39 is 5.54 Å². The van der Waals surface area contributed by atoms with Gasteiger partial charge >= 0.3 is 0 Å². The lowest BCUT2D eigenvalue weighted by molar-refractivity contribution is -0.139. The third-order valence-electron chi connectivity index (χ3n) is 5.26. The van der Waals surface area contributed by atoms with Crippen LogP contribution in [0.3, 0.4) is 0 Å². The van der Waals surface area contributed by atoms with Gasteiger partial charge in [-0.15, -0.1) is 0 Å². The molecule has 1 aromatic carbocycles. The number of nitriles is 1. The average molecular weight is 348 g/mol. The maximum Gasteiger partial charge on any atom is 0.240 e. The van der Waals surface area contributed by atoms with E-state index in [9.17, 15) is 10.1 Å². The van der Waals surface area contributed by atoms with Crippen LogP contribution in [-0.2, 0) is 11.3 Å². The molecule has 0 radical (unpaired) electrons. The first-order valence-electron chi connectivity index (χ1n) is 8.54. The van der Waals surface area contributed by atoms with Gasteiger partial charge in [0.1, 0.15) is 5.54 Å². The number of halogens is 1. The summed E-state index contributed by atoms with van der Waals surface area (Å²) in [5.74, 6) is -0.00648. The Bertz CT molecular complexity index is 619. The molecule has 0 saturated heterocycles. The van der Waals surface area contributed by atoms with Crippen LogP contribution in [0, 0.1) is 11.3 Å². The van der Waals surface area contributed by atoms with Gasteiger partial charge in [-0.25, -0.2) is 0 Å². The Balaban J connectivity index is 2.07. The number of carbonyl (C=O) groups excluding carboxylic acids is 1. The monoisotopic (exact) mass is 347 g/mol. The molecule has 0 aliphatic heterocycles. The van der Waals surface area contributed by atoms with E-state index in [1.807, 2.05) is 43.1 Å². The van der Waals surface area contributed by atoms with Crippen LogP contribution >= 0.6 is 11.6 Å². The van der Waals surface area contributed by atoms with Crippen molar-refractivity contribution in [3.8, 4) is 6.07 Å². The summed E-state index contributed by atoms with van der Waals surface area (Å²) >= 11 is 6.22. The minimum Gasteiger partial charge on any atom is -0.326 e. The van der Waals surface area contributed by atoms with Gasteiger partial charge in [-0.3, -0.25) is 9.69 Å². The van der Waals surface area contributed by atoms with Crippen LogP contribution in [0.2, 0.25) is 5.02 Å². The van der Waals surface area contributed by atoms with Gasteiger partial charge in [0, 0.05) is 18.6 Å². The normalized spacial score (nSPS) is 18.0. The summed E-state index contributed by atoms with van der Waals surface area (Å²) in [6, 6.07) is 9.78. The second-order valence-electron chi connectivity index (χ2n) is 6.78. The van der Waals surface area contributed by atoms with Crippen LogP contribution in [0.15, 0.2) is 24.3 Å². The summed E-state index contributed by atoms with van der Waals surface area (Å²) in [7, 11) is 3.69. The molecule has 5 heteroatoms. The molecule has 1 saturated carbocycles. The molecule has 0 bridgehead atoms. The fourth-order valence-corrected chi connectivity index (χ4v) is 3.57. The van der Waals surface area contributed by atoms with Gasteiger partial charge in [0.15, 0.2) is 0 Å². The molecule has 1 atom stereocenters. The molecule has 1 fully saturated rings. The Morgan fingerprint density at radius 1 is 1.29 bits per heavy atom. The van der Waals surface area contributed by atoms with Crippen molar-refractivity contribution in [1.29, 1.82) is 5.26 Å². The van der Waals surface area contributed by atoms with Gasteiger partial charge in [0.05, 0.1) is 12.1 Å². The highest BCUT2D eigenvalue weighted by Gasteiger charge is 2.40. The lowest BCUT2D eigenvalue weighted by Crippen LogP contribution is -2.55. The molecular formula is C19H26ClN3O. The fourth-order valence-electron chi connectivity index (χ4n) is 3.37. The minimum atomic E-state index is -0.644. The van der Waals surface area contributed by atoms with E-state index in [-0.39, 0.29) is 11.9 Å². The number of rotatable bonds is 5. The molecule has 0 heterocycles. The topological polar surface area (TPSA) is 47.3 Å². The lowest BCUT2D eigenvalue weighted by atomic mass is 9.81. The summed E-state index contributed by atoms with van der Waals surface area (Å²) in [5, 5.41) is 10.4. The largest absolute Gasteiger partial charge is 0.326 e. The van der Waals surface area contributed by atoms with Gasteiger partial charge in [0.25, 0.3) is 0 Å². The second kappa shape index (κ2) is 8.00. The highest BCUT2D eigenvalue weighted by atomic mass is 35.5. The first-order chi connectivity index (χ1) is 11.4. The summed E-state index contributed by atoms with van der Waals surface area (Å²) in [6.45, 7) is 2.49. The molecule has 2 rings (SSSR count). The van der Waals surface area contributed by atoms with E-state index in [0.717, 1.165) is 37.7 Å². The number of hydrogen-bond acceptors (Lipinski definition) is 3. The SMILES string of the molecule is CC(C(=O)N(C)C1(C#N)CCCCC1)N(C)Cc1ccccc1Cl. The number of carbonyl (C=O) groups is 1. The first-order valence-corrected chi connectivity index (χ1v) is 8.91. The molecule has 24 heavy (non-hydrogen) atoms. The smallest absolute Gasteiger partial charge is 0.240 e. The molecule has 0 spiro atoms. The Labute approximate surface area is 150 Å². The van der Waals surface area contributed by atoms with E-state index in [1.165, 1.54) is 0 Å². The van der Waals surface area contributed by atoms with Crippen molar-refractivity contribution >= 4 is 17.5 Å². The summed E-state index contributed by atoms with van der Waals surface area (Å²) in [4.78, 5) is 16.6. The molecule has 1 aliphatic rings. The standard InChI is InChI=1S/C19H26ClN3O/c1-15(22(2)13-16-9-5-6-10-17(16)20)18(24)23(3)19(14-21)11-7-4-8-12-19/h5-6,9-10,15H,4,7-8,11-13H2,1-3H3. The number of benzene rings is 1. The third-order valence-corrected chi connectivity index (χ3v) is 5.63. The van der Waals surface area contributed by atoms with Crippen LogP contribution in [0.1, 0.15) is 44.6 Å². The average Bonchev–Trinajstić information content (AvgIpc) is 2.62. The highest BCUT2D eigenvalue weighted by molar-refractivity contribution is 6.31. The molecular weight excluding hydrogens is 322 g/mol. The number of amides is 1. The Morgan fingerprint density at radius 2 is 1.92 bits per heavy atom. The summed E-state index contributed by atoms with van der Waals surface area (Å²) in [6.07, 6.45) is 4.71. The van der Waals surface area contributed by atoms with E-state index in [2.05, 4.69) is 6.07 Å². The molecule has 1 amide bonds. The molecule has 1 aliphatic carbocycles. The van der Waals surface area contributed by atoms with Gasteiger partial charge in [-0.1, -0.05) is 49.1 Å². The number of hydrogen-bond donors (Lipinski definition) is 0. The summed E-state index contributed by atoms with van der Waals surface area (Å²) < 4.78 is 0. The van der Waals surface area contributed by atoms with E-state index in [1.54, 1.807) is 11.9 Å². The molecule has 4 nitrogen and oxygen atoms in total. The van der Waals surface area contributed by atoms with Gasteiger partial charge < -0.3 is 4.90 Å². The maximum absolute atomic E-state index is 12.9. The van der Waals surface area contributed by atoms with Gasteiger partial charge in [-0.05, 0) is 38.4 Å². The zero-order valence-corrected chi connectivity index (χ0v) is 15.5. The fraction of sp³-hybridized carbons (Fsp3) is 0.579. The summed E-state index contributed by atoms with van der Waals surface area (Å²) in [5.41, 5.74) is 0.353. The van der Waals surface area contributed by atoms with Gasteiger partial charge in [0.2, 0.25) is 5.91 Å². The zero-order valence-electron chi connectivity index (χ0n) is 14.8. The highest BCUT2D eigenvalue weighted by Crippen LogP contribution is 2.33. The van der Waals surface area contributed by atoms with Crippen LogP contribution in [0.5, 0.6) is 0 Å². The van der Waals surface area contributed by atoms with Crippen molar-refractivity contribution in [2.75, 3.05) is 14.1 Å². The van der Waals surface area contributed by atoms with Crippen LogP contribution in [0.4, 0.5) is 0 Å². The van der Waals surface area contributed by atoms with Crippen molar-refractivity contribution in [3.05, 3.63) is 34.9 Å². The Hall–Kier alpha value is -1.57. The first kappa shape index (κ1) is 18.8. The van der Waals surface area contributed by atoms with Crippen LogP contribution in [0.25, 0.3) is 0 Å². The van der Waals surface area contributed by atoms with Crippen molar-refractivity contribution < 1.29 is 4.79 Å². The molecule has 130 valence electrons. The Kier molecular flexibility index (Phi) is 6.26.